The molecule has 2 N–H and O–H groups in total. The van der Waals surface area contributed by atoms with E-state index in [9.17, 15) is 4.39 Å². The van der Waals surface area contributed by atoms with Gasteiger partial charge in [0.15, 0.2) is 5.96 Å². The van der Waals surface area contributed by atoms with Crippen molar-refractivity contribution >= 4 is 5.96 Å². The molecule has 1 aromatic rings. The van der Waals surface area contributed by atoms with Crippen LogP contribution in [0.2, 0.25) is 0 Å². The Morgan fingerprint density at radius 3 is 2.79 bits per heavy atom. The molecule has 0 spiro atoms. The fourth-order valence-corrected chi connectivity index (χ4v) is 2.97. The molecule has 24 heavy (non-hydrogen) atoms. The van der Waals surface area contributed by atoms with E-state index in [1.165, 1.54) is 6.07 Å². The number of ether oxygens (including phenoxy) is 1. The molecule has 0 bridgehead atoms. The second kappa shape index (κ2) is 8.44. The number of aliphatic imine (C=N–C) groups is 1. The highest BCUT2D eigenvalue weighted by molar-refractivity contribution is 5.79. The standard InChI is InChI=1S/C18H29FN4O/c1-18(9-6-10-24-18)13-22-17(20-2)21-12-16(23(3)4)14-7-5-8-15(19)11-14/h5,7-8,11,16H,6,9-10,12-13H2,1-4H3,(H2,20,21,22). The molecule has 1 aliphatic heterocycles. The topological polar surface area (TPSA) is 48.9 Å². The molecule has 0 saturated carbocycles. The largest absolute Gasteiger partial charge is 0.373 e. The molecule has 5 nitrogen and oxygen atoms in total. The molecule has 0 radical (unpaired) electrons. The quantitative estimate of drug-likeness (QED) is 0.617. The van der Waals surface area contributed by atoms with E-state index >= 15 is 0 Å². The van der Waals surface area contributed by atoms with Crippen molar-refractivity contribution in [1.82, 2.24) is 15.5 Å². The van der Waals surface area contributed by atoms with Crippen LogP contribution in [0.15, 0.2) is 29.3 Å². The molecule has 1 aromatic carbocycles. The second-order valence-electron chi connectivity index (χ2n) is 6.74. The van der Waals surface area contributed by atoms with E-state index in [0.717, 1.165) is 37.5 Å². The Morgan fingerprint density at radius 2 is 2.21 bits per heavy atom. The van der Waals surface area contributed by atoms with Crippen LogP contribution in [0.5, 0.6) is 0 Å². The van der Waals surface area contributed by atoms with Crippen molar-refractivity contribution in [2.75, 3.05) is 40.8 Å². The molecule has 1 heterocycles. The summed E-state index contributed by atoms with van der Waals surface area (Å²) in [6.07, 6.45) is 2.16. The average Bonchev–Trinajstić information content (AvgIpc) is 2.97. The van der Waals surface area contributed by atoms with Gasteiger partial charge in [-0.2, -0.15) is 0 Å². The summed E-state index contributed by atoms with van der Waals surface area (Å²) in [5, 5.41) is 6.66. The van der Waals surface area contributed by atoms with Gasteiger partial charge in [0.2, 0.25) is 0 Å². The average molecular weight is 336 g/mol. The molecular formula is C18H29FN4O. The summed E-state index contributed by atoms with van der Waals surface area (Å²) in [7, 11) is 5.72. The summed E-state index contributed by atoms with van der Waals surface area (Å²) in [5.74, 6) is 0.517. The van der Waals surface area contributed by atoms with Crippen molar-refractivity contribution in [3.05, 3.63) is 35.6 Å². The van der Waals surface area contributed by atoms with Crippen molar-refractivity contribution in [3.8, 4) is 0 Å². The Kier molecular flexibility index (Phi) is 6.57. The van der Waals surface area contributed by atoms with E-state index in [-0.39, 0.29) is 17.5 Å². The number of nitrogens with one attached hydrogen (secondary N) is 2. The van der Waals surface area contributed by atoms with E-state index in [1.807, 2.05) is 20.2 Å². The van der Waals surface area contributed by atoms with Crippen LogP contribution in [0.3, 0.4) is 0 Å². The maximum Gasteiger partial charge on any atom is 0.191 e. The van der Waals surface area contributed by atoms with Crippen LogP contribution in [-0.4, -0.2) is 57.3 Å². The smallest absolute Gasteiger partial charge is 0.191 e. The SMILES string of the molecule is CN=C(NCC(c1cccc(F)c1)N(C)C)NCC1(C)CCCO1. The van der Waals surface area contributed by atoms with Crippen LogP contribution < -0.4 is 10.6 Å². The normalized spacial score (nSPS) is 22.7. The number of benzene rings is 1. The lowest BCUT2D eigenvalue weighted by Gasteiger charge is -2.28. The first-order valence-corrected chi connectivity index (χ1v) is 8.44. The molecule has 134 valence electrons. The number of likely N-dealkylation sites (N-methyl/N-ethyl adjacent to an activating group) is 1. The van der Waals surface area contributed by atoms with E-state index in [2.05, 4.69) is 27.4 Å². The van der Waals surface area contributed by atoms with Crippen LogP contribution in [-0.2, 0) is 4.74 Å². The van der Waals surface area contributed by atoms with Crippen LogP contribution in [0.1, 0.15) is 31.4 Å². The minimum absolute atomic E-state index is 0.0533. The first-order valence-electron chi connectivity index (χ1n) is 8.44. The number of halogens is 1. The van der Waals surface area contributed by atoms with E-state index in [4.69, 9.17) is 4.74 Å². The van der Waals surface area contributed by atoms with Gasteiger partial charge in [-0.1, -0.05) is 12.1 Å². The van der Waals surface area contributed by atoms with E-state index < -0.39 is 0 Å². The third-order valence-corrected chi connectivity index (χ3v) is 4.47. The van der Waals surface area contributed by atoms with Gasteiger partial charge in [0.1, 0.15) is 5.82 Å². The molecule has 2 unspecified atom stereocenters. The summed E-state index contributed by atoms with van der Waals surface area (Å²) in [5.41, 5.74) is 0.815. The summed E-state index contributed by atoms with van der Waals surface area (Å²) < 4.78 is 19.3. The minimum Gasteiger partial charge on any atom is -0.373 e. The highest BCUT2D eigenvalue weighted by Gasteiger charge is 2.29. The van der Waals surface area contributed by atoms with Gasteiger partial charge in [-0.05, 0) is 51.6 Å². The summed E-state index contributed by atoms with van der Waals surface area (Å²) in [4.78, 5) is 6.33. The molecule has 1 aliphatic rings. The number of hydrogen-bond acceptors (Lipinski definition) is 3. The Morgan fingerprint density at radius 1 is 1.42 bits per heavy atom. The Balaban J connectivity index is 1.92. The minimum atomic E-state index is -0.215. The van der Waals surface area contributed by atoms with Crippen LogP contribution in [0.25, 0.3) is 0 Å². The third-order valence-electron chi connectivity index (χ3n) is 4.47. The van der Waals surface area contributed by atoms with E-state index in [1.54, 1.807) is 19.2 Å². The Bertz CT molecular complexity index is 556. The molecule has 6 heteroatoms. The monoisotopic (exact) mass is 336 g/mol. The molecule has 0 aromatic heterocycles. The maximum atomic E-state index is 13.5. The van der Waals surface area contributed by atoms with Crippen LogP contribution >= 0.6 is 0 Å². The predicted molar refractivity (Wildman–Crippen MR) is 95.8 cm³/mol. The lowest BCUT2D eigenvalue weighted by Crippen LogP contribution is -2.47. The molecule has 2 atom stereocenters. The molecule has 2 rings (SSSR count). The van der Waals surface area contributed by atoms with E-state index in [0.29, 0.717) is 6.54 Å². The third kappa shape index (κ3) is 5.18. The van der Waals surface area contributed by atoms with Crippen LogP contribution in [0.4, 0.5) is 4.39 Å². The van der Waals surface area contributed by atoms with Gasteiger partial charge in [0.25, 0.3) is 0 Å². The van der Waals surface area contributed by atoms with Gasteiger partial charge in [-0.15, -0.1) is 0 Å². The van der Waals surface area contributed by atoms with Crippen LogP contribution in [0, 0.1) is 5.82 Å². The summed E-state index contributed by atoms with van der Waals surface area (Å²) in [6, 6.07) is 6.78. The van der Waals surface area contributed by atoms with Gasteiger partial charge in [-0.3, -0.25) is 4.99 Å². The van der Waals surface area contributed by atoms with Crippen molar-refractivity contribution in [3.63, 3.8) is 0 Å². The molecule has 1 saturated heterocycles. The number of rotatable bonds is 6. The van der Waals surface area contributed by atoms with Gasteiger partial charge in [-0.25, -0.2) is 4.39 Å². The van der Waals surface area contributed by atoms with Gasteiger partial charge in [0, 0.05) is 26.7 Å². The zero-order valence-electron chi connectivity index (χ0n) is 15.1. The molecule has 1 fully saturated rings. The first-order chi connectivity index (χ1) is 11.4. The maximum absolute atomic E-state index is 13.5. The van der Waals surface area contributed by atoms with Crippen molar-refractivity contribution in [2.24, 2.45) is 4.99 Å². The highest BCUT2D eigenvalue weighted by atomic mass is 19.1. The lowest BCUT2D eigenvalue weighted by atomic mass is 10.0. The zero-order chi connectivity index (χ0) is 17.6. The van der Waals surface area contributed by atoms with Crippen molar-refractivity contribution in [2.45, 2.75) is 31.4 Å². The highest BCUT2D eigenvalue weighted by Crippen LogP contribution is 2.23. The van der Waals surface area contributed by atoms with Crippen molar-refractivity contribution < 1.29 is 9.13 Å². The zero-order valence-corrected chi connectivity index (χ0v) is 15.1. The number of hydrogen-bond donors (Lipinski definition) is 2. The van der Waals surface area contributed by atoms with Crippen molar-refractivity contribution in [1.29, 1.82) is 0 Å². The summed E-state index contributed by atoms with van der Waals surface area (Å²) >= 11 is 0. The lowest BCUT2D eigenvalue weighted by molar-refractivity contribution is 0.0242. The fraction of sp³-hybridized carbons (Fsp3) is 0.611. The number of nitrogens with zero attached hydrogens (tertiary/aromatic N) is 2. The summed E-state index contributed by atoms with van der Waals surface area (Å²) in [6.45, 7) is 4.30. The Labute approximate surface area is 144 Å². The molecule has 0 aliphatic carbocycles. The molecule has 0 amide bonds. The molecular weight excluding hydrogens is 307 g/mol. The Hall–Kier alpha value is -1.66. The van der Waals surface area contributed by atoms with Gasteiger partial charge in [0.05, 0.1) is 11.6 Å². The second-order valence-corrected chi connectivity index (χ2v) is 6.74. The van der Waals surface area contributed by atoms with Gasteiger partial charge < -0.3 is 20.3 Å². The van der Waals surface area contributed by atoms with Gasteiger partial charge >= 0.3 is 0 Å². The first kappa shape index (κ1) is 18.7. The number of guanidine groups is 1. The predicted octanol–water partition coefficient (Wildman–Crippen LogP) is 2.16. The fourth-order valence-electron chi connectivity index (χ4n) is 2.97.